The summed E-state index contributed by atoms with van der Waals surface area (Å²) < 4.78 is 40.0. The van der Waals surface area contributed by atoms with E-state index in [-0.39, 0.29) is 24.0 Å². The van der Waals surface area contributed by atoms with E-state index in [1.165, 1.54) is 19.1 Å². The van der Waals surface area contributed by atoms with Crippen LogP contribution in [0.3, 0.4) is 0 Å². The van der Waals surface area contributed by atoms with Crippen molar-refractivity contribution >= 4 is 23.2 Å². The van der Waals surface area contributed by atoms with Crippen molar-refractivity contribution in [2.45, 2.75) is 19.7 Å². The van der Waals surface area contributed by atoms with E-state index in [1.807, 2.05) is 0 Å². The lowest BCUT2D eigenvalue weighted by Gasteiger charge is -2.10. The van der Waals surface area contributed by atoms with Gasteiger partial charge >= 0.3 is 6.36 Å². The third-order valence-electron chi connectivity index (χ3n) is 3.01. The average molecular weight is 352 g/mol. The van der Waals surface area contributed by atoms with Gasteiger partial charge < -0.3 is 15.4 Å². The first kappa shape index (κ1) is 18.3. The van der Waals surface area contributed by atoms with Crippen molar-refractivity contribution in [3.63, 3.8) is 0 Å². The topological polar surface area (TPSA) is 67.4 Å². The number of anilines is 2. The number of carbonyl (C=O) groups excluding carboxylic acids is 2. The minimum absolute atomic E-state index is 0.0845. The van der Waals surface area contributed by atoms with Gasteiger partial charge in [-0.15, -0.1) is 13.2 Å². The normalized spacial score (nSPS) is 10.9. The Morgan fingerprint density at radius 2 is 1.44 bits per heavy atom. The summed E-state index contributed by atoms with van der Waals surface area (Å²) in [6.07, 6.45) is -4.67. The van der Waals surface area contributed by atoms with Crippen molar-refractivity contribution < 1.29 is 27.5 Å². The van der Waals surface area contributed by atoms with Crippen molar-refractivity contribution in [2.24, 2.45) is 0 Å². The molecule has 5 nitrogen and oxygen atoms in total. The van der Waals surface area contributed by atoms with Gasteiger partial charge in [-0.1, -0.05) is 12.1 Å². The van der Waals surface area contributed by atoms with E-state index >= 15 is 0 Å². The van der Waals surface area contributed by atoms with Crippen LogP contribution >= 0.6 is 0 Å². The molecule has 0 atom stereocenters. The van der Waals surface area contributed by atoms with Gasteiger partial charge in [0, 0.05) is 18.3 Å². The van der Waals surface area contributed by atoms with Crippen LogP contribution in [-0.2, 0) is 16.0 Å². The lowest BCUT2D eigenvalue weighted by Crippen LogP contribution is -2.17. The highest BCUT2D eigenvalue weighted by molar-refractivity contribution is 5.92. The molecule has 0 fully saturated rings. The summed E-state index contributed by atoms with van der Waals surface area (Å²) in [5.74, 6) is -0.876. The maximum Gasteiger partial charge on any atom is 0.573 e. The third kappa shape index (κ3) is 6.54. The summed E-state index contributed by atoms with van der Waals surface area (Å²) in [6, 6.07) is 11.6. The van der Waals surface area contributed by atoms with Crippen LogP contribution in [0.25, 0.3) is 0 Å². The van der Waals surface area contributed by atoms with Crippen LogP contribution in [0.5, 0.6) is 5.75 Å². The van der Waals surface area contributed by atoms with Crippen LogP contribution in [0.2, 0.25) is 0 Å². The number of rotatable bonds is 5. The Labute approximate surface area is 141 Å². The highest BCUT2D eigenvalue weighted by Crippen LogP contribution is 2.24. The summed E-state index contributed by atoms with van der Waals surface area (Å²) in [5, 5.41) is 5.20. The average Bonchev–Trinajstić information content (AvgIpc) is 2.49. The number of carbonyl (C=O) groups is 2. The Kier molecular flexibility index (Phi) is 5.63. The summed E-state index contributed by atoms with van der Waals surface area (Å²) in [5.41, 5.74) is 1.70. The molecule has 132 valence electrons. The predicted octanol–water partition coefficient (Wildman–Crippen LogP) is 3.72. The lowest BCUT2D eigenvalue weighted by atomic mass is 10.1. The summed E-state index contributed by atoms with van der Waals surface area (Å²) >= 11 is 0. The fourth-order valence-corrected chi connectivity index (χ4v) is 2.04. The van der Waals surface area contributed by atoms with Gasteiger partial charge in [0.1, 0.15) is 5.75 Å². The van der Waals surface area contributed by atoms with E-state index in [2.05, 4.69) is 15.4 Å². The molecule has 0 spiro atoms. The molecule has 0 saturated carbocycles. The first-order valence-corrected chi connectivity index (χ1v) is 7.23. The second kappa shape index (κ2) is 7.69. The van der Waals surface area contributed by atoms with Crippen molar-refractivity contribution in [2.75, 3.05) is 10.6 Å². The fourth-order valence-electron chi connectivity index (χ4n) is 2.04. The van der Waals surface area contributed by atoms with E-state index < -0.39 is 6.36 Å². The van der Waals surface area contributed by atoms with Gasteiger partial charge in [-0.3, -0.25) is 9.59 Å². The minimum Gasteiger partial charge on any atom is -0.406 e. The first-order valence-electron chi connectivity index (χ1n) is 7.23. The highest BCUT2D eigenvalue weighted by atomic mass is 19.4. The molecular formula is C17H15F3N2O3. The van der Waals surface area contributed by atoms with Gasteiger partial charge in [-0.05, 0) is 42.0 Å². The molecule has 2 aromatic carbocycles. The maximum atomic E-state index is 12.1. The number of hydrogen-bond acceptors (Lipinski definition) is 3. The van der Waals surface area contributed by atoms with Crippen LogP contribution in [0.4, 0.5) is 24.5 Å². The molecule has 0 radical (unpaired) electrons. The van der Waals surface area contributed by atoms with Crippen molar-refractivity contribution in [1.82, 2.24) is 0 Å². The summed E-state index contributed by atoms with van der Waals surface area (Å²) in [7, 11) is 0. The number of hydrogen-bond donors (Lipinski definition) is 2. The molecule has 0 aliphatic heterocycles. The molecule has 2 amide bonds. The van der Waals surface area contributed by atoms with Gasteiger partial charge in [-0.25, -0.2) is 0 Å². The smallest absolute Gasteiger partial charge is 0.406 e. The van der Waals surface area contributed by atoms with E-state index in [9.17, 15) is 22.8 Å². The second-order valence-corrected chi connectivity index (χ2v) is 5.18. The van der Waals surface area contributed by atoms with Crippen LogP contribution in [0.15, 0.2) is 48.5 Å². The molecule has 0 bridgehead atoms. The molecule has 0 aliphatic carbocycles. The summed E-state index contributed by atoms with van der Waals surface area (Å²) in [6.45, 7) is 1.40. The Balaban J connectivity index is 1.90. The number of nitrogens with one attached hydrogen (secondary N) is 2. The zero-order valence-electron chi connectivity index (χ0n) is 13.2. The second-order valence-electron chi connectivity index (χ2n) is 5.18. The Morgan fingerprint density at radius 3 is 1.96 bits per heavy atom. The number of amides is 2. The quantitative estimate of drug-likeness (QED) is 0.862. The van der Waals surface area contributed by atoms with Crippen molar-refractivity contribution in [3.8, 4) is 5.75 Å². The fraction of sp³-hybridized carbons (Fsp3) is 0.176. The lowest BCUT2D eigenvalue weighted by molar-refractivity contribution is -0.274. The van der Waals surface area contributed by atoms with E-state index in [0.717, 1.165) is 17.7 Å². The first-order chi connectivity index (χ1) is 11.7. The number of benzene rings is 2. The molecule has 0 aromatic heterocycles. The molecule has 2 N–H and O–H groups in total. The summed E-state index contributed by atoms with van der Waals surface area (Å²) in [4.78, 5) is 22.9. The zero-order valence-corrected chi connectivity index (χ0v) is 13.2. The van der Waals surface area contributed by atoms with E-state index in [0.29, 0.717) is 11.4 Å². The molecule has 0 heterocycles. The molecular weight excluding hydrogens is 337 g/mol. The third-order valence-corrected chi connectivity index (χ3v) is 3.01. The number of ether oxygens (including phenoxy) is 1. The Morgan fingerprint density at radius 1 is 0.920 bits per heavy atom. The molecule has 0 saturated heterocycles. The number of alkyl halides is 3. The minimum atomic E-state index is -4.76. The van der Waals surface area contributed by atoms with Gasteiger partial charge in [0.25, 0.3) is 0 Å². The molecule has 0 aliphatic rings. The van der Waals surface area contributed by atoms with E-state index in [4.69, 9.17) is 0 Å². The van der Waals surface area contributed by atoms with Gasteiger partial charge in [0.2, 0.25) is 11.8 Å². The number of halogens is 3. The molecule has 2 rings (SSSR count). The van der Waals surface area contributed by atoms with Crippen LogP contribution in [-0.4, -0.2) is 18.2 Å². The molecule has 0 unspecified atom stereocenters. The van der Waals surface area contributed by atoms with Gasteiger partial charge in [0.15, 0.2) is 0 Å². The van der Waals surface area contributed by atoms with Gasteiger partial charge in [0.05, 0.1) is 6.42 Å². The molecule has 25 heavy (non-hydrogen) atoms. The van der Waals surface area contributed by atoms with Crippen LogP contribution in [0.1, 0.15) is 12.5 Å². The standard InChI is InChI=1S/C17H15F3N2O3/c1-11(23)21-13-4-2-12(3-5-13)10-16(24)22-14-6-8-15(9-7-14)25-17(18,19)20/h2-9H,10H2,1H3,(H,21,23)(H,22,24). The largest absolute Gasteiger partial charge is 0.573 e. The molecule has 8 heteroatoms. The van der Waals surface area contributed by atoms with E-state index in [1.54, 1.807) is 24.3 Å². The van der Waals surface area contributed by atoms with Crippen LogP contribution < -0.4 is 15.4 Å². The Bertz CT molecular complexity index is 741. The highest BCUT2D eigenvalue weighted by Gasteiger charge is 2.30. The van der Waals surface area contributed by atoms with Crippen LogP contribution in [0, 0.1) is 0 Å². The van der Waals surface area contributed by atoms with Crippen molar-refractivity contribution in [1.29, 1.82) is 0 Å². The van der Waals surface area contributed by atoms with Gasteiger partial charge in [-0.2, -0.15) is 0 Å². The monoisotopic (exact) mass is 352 g/mol. The molecule has 2 aromatic rings. The Hall–Kier alpha value is -3.03. The predicted molar refractivity (Wildman–Crippen MR) is 86.2 cm³/mol. The SMILES string of the molecule is CC(=O)Nc1ccc(CC(=O)Nc2ccc(OC(F)(F)F)cc2)cc1. The maximum absolute atomic E-state index is 12.1. The zero-order chi connectivity index (χ0) is 18.4. The van der Waals surface area contributed by atoms with Crippen molar-refractivity contribution in [3.05, 3.63) is 54.1 Å².